The Morgan fingerprint density at radius 3 is 2.30 bits per heavy atom. The summed E-state index contributed by atoms with van der Waals surface area (Å²) in [4.78, 5) is 35.8. The Hall–Kier alpha value is -3.48. The number of hydrogen-bond acceptors (Lipinski definition) is 5. The Balaban J connectivity index is 1.60. The minimum atomic E-state index is -0.917. The molecule has 1 fully saturated rings. The summed E-state index contributed by atoms with van der Waals surface area (Å²) in [7, 11) is 0. The van der Waals surface area contributed by atoms with Gasteiger partial charge in [-0.2, -0.15) is 0 Å². The number of benzene rings is 2. The van der Waals surface area contributed by atoms with E-state index >= 15 is 0 Å². The molecule has 0 atom stereocenters. The second-order valence-corrected chi connectivity index (χ2v) is 8.19. The number of rotatable bonds is 3. The number of fused-ring (bicyclic) bond motifs is 2. The molecule has 152 valence electrons. The molecular weight excluding hydrogens is 380 g/mol. The van der Waals surface area contributed by atoms with Gasteiger partial charge in [-0.1, -0.05) is 43.2 Å². The molecule has 5 rings (SSSR count). The molecule has 1 aromatic heterocycles. The second-order valence-electron chi connectivity index (χ2n) is 8.19. The van der Waals surface area contributed by atoms with Crippen molar-refractivity contribution in [1.82, 2.24) is 14.9 Å². The molecule has 2 aromatic carbocycles. The number of anilines is 1. The van der Waals surface area contributed by atoms with Crippen LogP contribution in [0.4, 0.5) is 5.95 Å². The van der Waals surface area contributed by atoms with Crippen LogP contribution in [0.1, 0.15) is 52.9 Å². The van der Waals surface area contributed by atoms with E-state index in [1.165, 1.54) is 0 Å². The van der Waals surface area contributed by atoms with Gasteiger partial charge in [-0.05, 0) is 41.7 Å². The molecule has 0 saturated heterocycles. The van der Waals surface area contributed by atoms with E-state index in [1.807, 2.05) is 24.3 Å². The summed E-state index contributed by atoms with van der Waals surface area (Å²) in [5.74, 6) is -1.01. The highest BCUT2D eigenvalue weighted by atomic mass is 16.4. The first kappa shape index (κ1) is 18.5. The van der Waals surface area contributed by atoms with Crippen LogP contribution in [0.3, 0.4) is 0 Å². The van der Waals surface area contributed by atoms with E-state index in [4.69, 9.17) is 5.73 Å². The fourth-order valence-electron chi connectivity index (χ4n) is 4.84. The van der Waals surface area contributed by atoms with Crippen LogP contribution in [0.2, 0.25) is 0 Å². The summed E-state index contributed by atoms with van der Waals surface area (Å²) in [5.41, 5.74) is 8.69. The number of carbonyl (C=O) groups is 2. The van der Waals surface area contributed by atoms with Gasteiger partial charge in [0.15, 0.2) is 0 Å². The summed E-state index contributed by atoms with van der Waals surface area (Å²) in [6.45, 7) is 1.03. The van der Waals surface area contributed by atoms with Crippen molar-refractivity contribution in [3.63, 3.8) is 0 Å². The minimum absolute atomic E-state index is 0.0316. The van der Waals surface area contributed by atoms with Crippen molar-refractivity contribution in [3.05, 3.63) is 64.8 Å². The van der Waals surface area contributed by atoms with Crippen LogP contribution in [-0.2, 0) is 23.3 Å². The number of nitrogens with zero attached hydrogens (tertiary/aromatic N) is 3. The molecular formula is C23H22N4O3. The third-order valence-electron chi connectivity index (χ3n) is 6.46. The molecule has 1 aliphatic carbocycles. The normalized spacial score (nSPS) is 17.3. The second kappa shape index (κ2) is 6.79. The fraction of sp³-hybridized carbons (Fsp3) is 0.304. The topological polar surface area (TPSA) is 109 Å². The van der Waals surface area contributed by atoms with Gasteiger partial charge < -0.3 is 15.7 Å². The highest BCUT2D eigenvalue weighted by molar-refractivity contribution is 6.05. The van der Waals surface area contributed by atoms with E-state index in [-0.39, 0.29) is 17.5 Å². The number of carboxylic acids is 1. The lowest BCUT2D eigenvalue weighted by Gasteiger charge is -2.25. The van der Waals surface area contributed by atoms with Gasteiger partial charge in [0, 0.05) is 18.5 Å². The molecule has 1 saturated carbocycles. The highest BCUT2D eigenvalue weighted by Gasteiger charge is 2.43. The lowest BCUT2D eigenvalue weighted by atomic mass is 9.78. The van der Waals surface area contributed by atoms with Gasteiger partial charge in [0.2, 0.25) is 5.95 Å². The van der Waals surface area contributed by atoms with Crippen LogP contribution < -0.4 is 5.73 Å². The van der Waals surface area contributed by atoms with Gasteiger partial charge >= 0.3 is 5.97 Å². The molecule has 0 radical (unpaired) electrons. The third-order valence-corrected chi connectivity index (χ3v) is 6.46. The number of carbonyl (C=O) groups excluding carboxylic acids is 1. The maximum absolute atomic E-state index is 13.4. The molecule has 7 heteroatoms. The third kappa shape index (κ3) is 2.81. The maximum Gasteiger partial charge on any atom is 0.314 e. The van der Waals surface area contributed by atoms with Gasteiger partial charge in [-0.15, -0.1) is 0 Å². The van der Waals surface area contributed by atoms with Crippen molar-refractivity contribution in [2.24, 2.45) is 0 Å². The molecule has 2 heterocycles. The first-order chi connectivity index (χ1) is 14.5. The summed E-state index contributed by atoms with van der Waals surface area (Å²) in [6.07, 6.45) is 2.93. The minimum Gasteiger partial charge on any atom is -0.481 e. The van der Waals surface area contributed by atoms with Crippen LogP contribution in [0, 0.1) is 0 Å². The lowest BCUT2D eigenvalue weighted by Crippen LogP contribution is -2.32. The van der Waals surface area contributed by atoms with Crippen LogP contribution >= 0.6 is 0 Å². The zero-order valence-electron chi connectivity index (χ0n) is 16.5. The molecule has 0 unspecified atom stereocenters. The van der Waals surface area contributed by atoms with Crippen molar-refractivity contribution in [1.29, 1.82) is 0 Å². The summed E-state index contributed by atoms with van der Waals surface area (Å²) >= 11 is 0. The number of aromatic nitrogens is 2. The zero-order valence-corrected chi connectivity index (χ0v) is 16.5. The number of nitrogens with two attached hydrogens (primary N) is 1. The quantitative estimate of drug-likeness (QED) is 0.696. The van der Waals surface area contributed by atoms with Gasteiger partial charge in [0.05, 0.1) is 10.9 Å². The first-order valence-corrected chi connectivity index (χ1v) is 10.2. The summed E-state index contributed by atoms with van der Waals surface area (Å²) < 4.78 is 0. The van der Waals surface area contributed by atoms with E-state index in [0.29, 0.717) is 42.4 Å². The molecule has 7 nitrogen and oxygen atoms in total. The Morgan fingerprint density at radius 2 is 1.67 bits per heavy atom. The largest absolute Gasteiger partial charge is 0.481 e. The molecule has 2 aliphatic rings. The van der Waals surface area contributed by atoms with E-state index in [0.717, 1.165) is 24.0 Å². The standard InChI is InChI=1S/C23H22N4O3/c24-22-25-18-8-7-16(23(21(29)30)9-3-4-10-23)11-17(18)19(26-22)20(28)27-12-14-5-1-2-6-15(14)13-27/h1-2,5-8,11H,3-4,9-10,12-13H2,(H,29,30)(H2,24,25,26). The van der Waals surface area contributed by atoms with E-state index in [1.54, 1.807) is 23.1 Å². The summed E-state index contributed by atoms with van der Waals surface area (Å²) in [5, 5.41) is 10.5. The van der Waals surface area contributed by atoms with E-state index in [2.05, 4.69) is 9.97 Å². The van der Waals surface area contributed by atoms with Crippen LogP contribution in [0.25, 0.3) is 10.9 Å². The van der Waals surface area contributed by atoms with E-state index < -0.39 is 11.4 Å². The predicted octanol–water partition coefficient (Wildman–Crippen LogP) is 3.26. The van der Waals surface area contributed by atoms with Crippen molar-refractivity contribution in [2.45, 2.75) is 44.2 Å². The smallest absolute Gasteiger partial charge is 0.314 e. The van der Waals surface area contributed by atoms with Gasteiger partial charge in [-0.3, -0.25) is 9.59 Å². The molecule has 0 spiro atoms. The molecule has 30 heavy (non-hydrogen) atoms. The molecule has 3 N–H and O–H groups in total. The predicted molar refractivity (Wildman–Crippen MR) is 112 cm³/mol. The molecule has 0 bridgehead atoms. The Labute approximate surface area is 173 Å². The number of hydrogen-bond donors (Lipinski definition) is 2. The van der Waals surface area contributed by atoms with Crippen LogP contribution in [0.5, 0.6) is 0 Å². The van der Waals surface area contributed by atoms with Gasteiger partial charge in [-0.25, -0.2) is 9.97 Å². The molecule has 1 amide bonds. The molecule has 1 aliphatic heterocycles. The molecule has 3 aromatic rings. The highest BCUT2D eigenvalue weighted by Crippen LogP contribution is 2.42. The first-order valence-electron chi connectivity index (χ1n) is 10.2. The Kier molecular flexibility index (Phi) is 4.20. The average molecular weight is 402 g/mol. The van der Waals surface area contributed by atoms with Crippen molar-refractivity contribution in [3.8, 4) is 0 Å². The SMILES string of the molecule is Nc1nc(C(=O)N2Cc3ccccc3C2)c2cc(C3(C(=O)O)CCCC3)ccc2n1. The van der Waals surface area contributed by atoms with Crippen molar-refractivity contribution in [2.75, 3.05) is 5.73 Å². The fourth-order valence-corrected chi connectivity index (χ4v) is 4.84. The average Bonchev–Trinajstić information content (AvgIpc) is 3.40. The van der Waals surface area contributed by atoms with Crippen LogP contribution in [-0.4, -0.2) is 31.9 Å². The van der Waals surface area contributed by atoms with Gasteiger partial charge in [0.25, 0.3) is 5.91 Å². The van der Waals surface area contributed by atoms with E-state index in [9.17, 15) is 14.7 Å². The Morgan fingerprint density at radius 1 is 1.00 bits per heavy atom. The lowest BCUT2D eigenvalue weighted by molar-refractivity contribution is -0.143. The Bertz CT molecular complexity index is 1160. The number of nitrogen functional groups attached to an aromatic ring is 1. The van der Waals surface area contributed by atoms with Crippen molar-refractivity contribution >= 4 is 28.7 Å². The number of aliphatic carboxylic acids is 1. The van der Waals surface area contributed by atoms with Crippen molar-refractivity contribution < 1.29 is 14.7 Å². The maximum atomic E-state index is 13.4. The zero-order chi connectivity index (χ0) is 20.9. The number of carboxylic acid groups (broad SMARTS) is 1. The van der Waals surface area contributed by atoms with Crippen LogP contribution in [0.15, 0.2) is 42.5 Å². The number of amides is 1. The van der Waals surface area contributed by atoms with Gasteiger partial charge in [0.1, 0.15) is 5.69 Å². The summed E-state index contributed by atoms with van der Waals surface area (Å²) in [6, 6.07) is 13.3. The monoisotopic (exact) mass is 402 g/mol.